The lowest BCUT2D eigenvalue weighted by Gasteiger charge is -2.22. The first-order chi connectivity index (χ1) is 3.93. The highest BCUT2D eigenvalue weighted by Gasteiger charge is 2.02. The molecule has 1 fully saturated rings. The Morgan fingerprint density at radius 3 is 2.38 bits per heavy atom. The third-order valence-electron chi connectivity index (χ3n) is 1.30. The third-order valence-corrected chi connectivity index (χ3v) is 1.30. The quantitative estimate of drug-likeness (QED) is 0.422. The van der Waals surface area contributed by atoms with Gasteiger partial charge in [0.05, 0.1) is 0 Å². The van der Waals surface area contributed by atoms with Crippen LogP contribution in [-0.4, -0.2) is 31.1 Å². The second-order valence-corrected chi connectivity index (χ2v) is 1.87. The van der Waals surface area contributed by atoms with Crippen LogP contribution in [-0.2, 0) is 0 Å². The number of hydrogen-bond donors (Lipinski definition) is 1. The molecule has 0 unspecified atom stereocenters. The average Bonchev–Trinajstić information content (AvgIpc) is 1.90. The van der Waals surface area contributed by atoms with Crippen LogP contribution in [0.25, 0.3) is 0 Å². The SMILES string of the molecule is C#CN1CCNCC1. The van der Waals surface area contributed by atoms with E-state index in [0.29, 0.717) is 0 Å². The molecule has 1 N–H and O–H groups in total. The molecule has 0 aliphatic carbocycles. The Hall–Kier alpha value is -0.680. The Labute approximate surface area is 49.9 Å². The molecule has 1 heterocycles. The molecule has 2 heteroatoms. The summed E-state index contributed by atoms with van der Waals surface area (Å²) in [6.07, 6.45) is 5.15. The molecule has 44 valence electrons. The molecule has 0 radical (unpaired) electrons. The molecule has 0 amide bonds. The van der Waals surface area contributed by atoms with Gasteiger partial charge >= 0.3 is 0 Å². The molecule has 0 aromatic carbocycles. The molecule has 1 rings (SSSR count). The maximum absolute atomic E-state index is 5.15. The highest BCUT2D eigenvalue weighted by Crippen LogP contribution is 1.86. The van der Waals surface area contributed by atoms with E-state index in [9.17, 15) is 0 Å². The van der Waals surface area contributed by atoms with E-state index in [4.69, 9.17) is 6.42 Å². The number of hydrogen-bond acceptors (Lipinski definition) is 2. The normalized spacial score (nSPS) is 20.1. The van der Waals surface area contributed by atoms with E-state index in [1.807, 2.05) is 4.90 Å². The van der Waals surface area contributed by atoms with E-state index in [1.165, 1.54) is 0 Å². The Balaban J connectivity index is 2.25. The van der Waals surface area contributed by atoms with Crippen molar-refractivity contribution in [3.05, 3.63) is 0 Å². The van der Waals surface area contributed by atoms with Gasteiger partial charge in [-0.3, -0.25) is 0 Å². The number of nitrogens with zero attached hydrogens (tertiary/aromatic N) is 1. The Morgan fingerprint density at radius 1 is 1.38 bits per heavy atom. The van der Waals surface area contributed by atoms with E-state index in [1.54, 1.807) is 0 Å². The van der Waals surface area contributed by atoms with Crippen molar-refractivity contribution in [2.45, 2.75) is 0 Å². The van der Waals surface area contributed by atoms with Gasteiger partial charge in [-0.25, -0.2) is 0 Å². The average molecular weight is 110 g/mol. The van der Waals surface area contributed by atoms with Crippen molar-refractivity contribution in [2.75, 3.05) is 26.2 Å². The second-order valence-electron chi connectivity index (χ2n) is 1.87. The van der Waals surface area contributed by atoms with Gasteiger partial charge in [0.25, 0.3) is 0 Å². The highest BCUT2D eigenvalue weighted by molar-refractivity contribution is 4.87. The fraction of sp³-hybridized carbons (Fsp3) is 0.667. The van der Waals surface area contributed by atoms with Crippen molar-refractivity contribution in [3.63, 3.8) is 0 Å². The van der Waals surface area contributed by atoms with E-state index in [2.05, 4.69) is 11.4 Å². The predicted molar refractivity (Wildman–Crippen MR) is 33.3 cm³/mol. The Kier molecular flexibility index (Phi) is 1.76. The molecule has 0 aromatic rings. The Morgan fingerprint density at radius 2 is 2.00 bits per heavy atom. The topological polar surface area (TPSA) is 15.3 Å². The smallest absolute Gasteiger partial charge is 0.0386 e. The van der Waals surface area contributed by atoms with Crippen molar-refractivity contribution < 1.29 is 0 Å². The summed E-state index contributed by atoms with van der Waals surface area (Å²) in [6, 6.07) is 2.60. The summed E-state index contributed by atoms with van der Waals surface area (Å²) >= 11 is 0. The van der Waals surface area contributed by atoms with Crippen molar-refractivity contribution in [1.82, 2.24) is 10.2 Å². The van der Waals surface area contributed by atoms with E-state index in [-0.39, 0.29) is 0 Å². The number of piperazine rings is 1. The molecule has 0 bridgehead atoms. The molecule has 0 atom stereocenters. The summed E-state index contributed by atoms with van der Waals surface area (Å²) in [6.45, 7) is 4.06. The second kappa shape index (κ2) is 2.58. The molecule has 2 nitrogen and oxygen atoms in total. The molecule has 1 aliphatic rings. The van der Waals surface area contributed by atoms with Crippen molar-refractivity contribution in [2.24, 2.45) is 0 Å². The highest BCUT2D eigenvalue weighted by atomic mass is 15.2. The van der Waals surface area contributed by atoms with Crippen LogP contribution in [0.1, 0.15) is 0 Å². The minimum atomic E-state index is 0.997. The van der Waals surface area contributed by atoms with Crippen LogP contribution in [0.5, 0.6) is 0 Å². The van der Waals surface area contributed by atoms with Gasteiger partial charge in [0.2, 0.25) is 0 Å². The molecular weight excluding hydrogens is 100 g/mol. The molecule has 8 heavy (non-hydrogen) atoms. The lowest BCUT2D eigenvalue weighted by Crippen LogP contribution is -2.40. The minimum Gasteiger partial charge on any atom is -0.330 e. The molecule has 1 aliphatic heterocycles. The van der Waals surface area contributed by atoms with Crippen LogP contribution in [0.15, 0.2) is 0 Å². The first kappa shape index (κ1) is 5.46. The van der Waals surface area contributed by atoms with Gasteiger partial charge in [-0.05, 0) is 0 Å². The van der Waals surface area contributed by atoms with Crippen LogP contribution in [0.3, 0.4) is 0 Å². The largest absolute Gasteiger partial charge is 0.330 e. The van der Waals surface area contributed by atoms with Gasteiger partial charge in [0, 0.05) is 32.2 Å². The zero-order valence-electron chi connectivity index (χ0n) is 4.85. The third kappa shape index (κ3) is 1.14. The van der Waals surface area contributed by atoms with Crippen LogP contribution in [0.2, 0.25) is 0 Å². The Bertz CT molecular complexity index is 97.6. The maximum atomic E-state index is 5.15. The molecule has 0 aromatic heterocycles. The van der Waals surface area contributed by atoms with Gasteiger partial charge in [0.1, 0.15) is 0 Å². The fourth-order valence-corrected chi connectivity index (χ4v) is 0.794. The lowest BCUT2D eigenvalue weighted by atomic mass is 10.4. The summed E-state index contributed by atoms with van der Waals surface area (Å²) in [5.41, 5.74) is 0. The van der Waals surface area contributed by atoms with Crippen molar-refractivity contribution in [1.29, 1.82) is 0 Å². The zero-order chi connectivity index (χ0) is 5.82. The van der Waals surface area contributed by atoms with E-state index >= 15 is 0 Å². The number of nitrogens with one attached hydrogen (secondary N) is 1. The zero-order valence-corrected chi connectivity index (χ0v) is 4.85. The van der Waals surface area contributed by atoms with Gasteiger partial charge in [-0.15, -0.1) is 0 Å². The summed E-state index contributed by atoms with van der Waals surface area (Å²) < 4.78 is 0. The van der Waals surface area contributed by atoms with Crippen LogP contribution in [0, 0.1) is 12.5 Å². The maximum Gasteiger partial charge on any atom is 0.0386 e. The lowest BCUT2D eigenvalue weighted by molar-refractivity contribution is 0.342. The molecule has 0 saturated carbocycles. The van der Waals surface area contributed by atoms with Crippen molar-refractivity contribution >= 4 is 0 Å². The van der Waals surface area contributed by atoms with Crippen LogP contribution in [0.4, 0.5) is 0 Å². The number of terminal acetylenes is 1. The van der Waals surface area contributed by atoms with Gasteiger partial charge < -0.3 is 10.2 Å². The summed E-state index contributed by atoms with van der Waals surface area (Å²) in [5.74, 6) is 0. The van der Waals surface area contributed by atoms with E-state index < -0.39 is 0 Å². The first-order valence-corrected chi connectivity index (χ1v) is 2.85. The van der Waals surface area contributed by atoms with Crippen LogP contribution < -0.4 is 5.32 Å². The van der Waals surface area contributed by atoms with Gasteiger partial charge in [-0.1, -0.05) is 6.42 Å². The van der Waals surface area contributed by atoms with Gasteiger partial charge in [0.15, 0.2) is 0 Å². The first-order valence-electron chi connectivity index (χ1n) is 2.85. The summed E-state index contributed by atoms with van der Waals surface area (Å²) in [7, 11) is 0. The molecular formula is C6H10N2. The monoisotopic (exact) mass is 110 g/mol. The molecule has 1 saturated heterocycles. The standard InChI is InChI=1S/C6H10N2/c1-2-8-5-3-7-4-6-8/h1,7H,3-6H2. The number of rotatable bonds is 0. The fourth-order valence-electron chi connectivity index (χ4n) is 0.794. The van der Waals surface area contributed by atoms with Gasteiger partial charge in [-0.2, -0.15) is 0 Å². The minimum absolute atomic E-state index is 0.997. The molecule has 0 spiro atoms. The predicted octanol–water partition coefficient (Wildman–Crippen LogP) is -0.518. The summed E-state index contributed by atoms with van der Waals surface area (Å²) in [5, 5.41) is 3.21. The van der Waals surface area contributed by atoms with E-state index in [0.717, 1.165) is 26.2 Å². The van der Waals surface area contributed by atoms with Crippen molar-refractivity contribution in [3.8, 4) is 12.5 Å². The van der Waals surface area contributed by atoms with Crippen LogP contribution >= 0.6 is 0 Å². The summed E-state index contributed by atoms with van der Waals surface area (Å²) in [4.78, 5) is 1.98.